The van der Waals surface area contributed by atoms with Crippen LogP contribution in [0.3, 0.4) is 0 Å². The predicted molar refractivity (Wildman–Crippen MR) is 123 cm³/mol. The first-order valence-electron chi connectivity index (χ1n) is 9.53. The molecular formula is C23H20F2N4O3S. The van der Waals surface area contributed by atoms with Gasteiger partial charge in [-0.15, -0.1) is 0 Å². The fourth-order valence-corrected chi connectivity index (χ4v) is 3.89. The molecule has 0 aromatic heterocycles. The first kappa shape index (κ1) is 23.8. The number of nitrogens with one attached hydrogen (secondary N) is 2. The molecule has 0 unspecified atom stereocenters. The van der Waals surface area contributed by atoms with Crippen LogP contribution in [0.25, 0.3) is 16.7 Å². The summed E-state index contributed by atoms with van der Waals surface area (Å²) >= 11 is 0. The number of nitrogens with two attached hydrogens (primary N) is 2. The van der Waals surface area contributed by atoms with Gasteiger partial charge in [-0.3, -0.25) is 10.2 Å². The van der Waals surface area contributed by atoms with Gasteiger partial charge in [0.15, 0.2) is 5.83 Å². The Morgan fingerprint density at radius 2 is 1.67 bits per heavy atom. The topological polar surface area (TPSA) is 139 Å². The molecule has 0 fully saturated rings. The molecule has 0 spiro atoms. The van der Waals surface area contributed by atoms with Gasteiger partial charge in [-0.05, 0) is 54.0 Å². The lowest BCUT2D eigenvalue weighted by Crippen LogP contribution is -2.15. The molecule has 0 saturated carbocycles. The minimum absolute atomic E-state index is 0.0457. The van der Waals surface area contributed by atoms with Crippen molar-refractivity contribution in [2.75, 3.05) is 5.32 Å². The summed E-state index contributed by atoms with van der Waals surface area (Å²) in [5, 5.41) is 15.1. The van der Waals surface area contributed by atoms with Crippen LogP contribution in [0.1, 0.15) is 18.1 Å². The van der Waals surface area contributed by atoms with Crippen LogP contribution in [0, 0.1) is 11.2 Å². The molecule has 0 bridgehead atoms. The summed E-state index contributed by atoms with van der Waals surface area (Å²) in [6.45, 7) is 1.35. The number of hydrogen-bond acceptors (Lipinski definition) is 4. The van der Waals surface area contributed by atoms with Crippen molar-refractivity contribution in [1.82, 2.24) is 0 Å². The Kier molecular flexibility index (Phi) is 6.70. The van der Waals surface area contributed by atoms with E-state index in [2.05, 4.69) is 5.32 Å². The number of amidine groups is 1. The van der Waals surface area contributed by atoms with Crippen LogP contribution in [-0.4, -0.2) is 20.2 Å². The standard InChI is InChI=1S/C23H20F2N4O3S/c1-13(15-8-11-19(24)18(12-15)22(26)27)21(25)23(30)29-16-9-6-14(7-10-16)17-4-2-3-5-20(17)33(28,31)32/h2-12H,1H3,(H3,26,27)(H,29,30)(H2,28,31,32). The zero-order chi connectivity index (χ0) is 24.3. The van der Waals surface area contributed by atoms with Gasteiger partial charge in [0.1, 0.15) is 11.7 Å². The van der Waals surface area contributed by atoms with E-state index in [1.807, 2.05) is 0 Å². The normalized spacial score (nSPS) is 12.1. The van der Waals surface area contributed by atoms with E-state index >= 15 is 0 Å². The zero-order valence-corrected chi connectivity index (χ0v) is 18.2. The Labute approximate surface area is 189 Å². The summed E-state index contributed by atoms with van der Waals surface area (Å²) in [5.74, 6) is -3.37. The first-order valence-corrected chi connectivity index (χ1v) is 11.1. The van der Waals surface area contributed by atoms with Crippen LogP contribution < -0.4 is 16.2 Å². The maximum absolute atomic E-state index is 14.7. The summed E-state index contributed by atoms with van der Waals surface area (Å²) in [6, 6.07) is 15.8. The van der Waals surface area contributed by atoms with Crippen molar-refractivity contribution >= 4 is 33.0 Å². The van der Waals surface area contributed by atoms with Gasteiger partial charge in [-0.1, -0.05) is 36.4 Å². The number of anilines is 1. The minimum atomic E-state index is -3.94. The average Bonchev–Trinajstić information content (AvgIpc) is 2.78. The number of hydrogen-bond donors (Lipinski definition) is 4. The van der Waals surface area contributed by atoms with E-state index in [9.17, 15) is 22.0 Å². The van der Waals surface area contributed by atoms with E-state index in [4.69, 9.17) is 16.3 Å². The second kappa shape index (κ2) is 9.31. The molecule has 0 aliphatic rings. The lowest BCUT2D eigenvalue weighted by atomic mass is 10.0. The molecule has 3 rings (SSSR count). The smallest absolute Gasteiger partial charge is 0.284 e. The molecule has 0 saturated heterocycles. The number of nitrogen functional groups attached to an aromatic ring is 1. The number of carbonyl (C=O) groups is 1. The third kappa shape index (κ3) is 5.30. The Bertz CT molecular complexity index is 1390. The van der Waals surface area contributed by atoms with Crippen molar-refractivity contribution in [2.45, 2.75) is 11.8 Å². The summed E-state index contributed by atoms with van der Waals surface area (Å²) in [7, 11) is -3.94. The van der Waals surface area contributed by atoms with Crippen LogP contribution in [0.15, 0.2) is 77.5 Å². The van der Waals surface area contributed by atoms with Gasteiger partial charge in [0, 0.05) is 11.3 Å². The van der Waals surface area contributed by atoms with Crippen LogP contribution in [0.4, 0.5) is 14.5 Å². The van der Waals surface area contributed by atoms with Gasteiger partial charge in [0.05, 0.1) is 10.5 Å². The molecule has 0 heterocycles. The number of sulfonamides is 1. The summed E-state index contributed by atoms with van der Waals surface area (Å²) in [6.07, 6.45) is 0. The van der Waals surface area contributed by atoms with Crippen molar-refractivity contribution in [2.24, 2.45) is 10.9 Å². The van der Waals surface area contributed by atoms with Crippen molar-refractivity contribution in [3.63, 3.8) is 0 Å². The highest BCUT2D eigenvalue weighted by atomic mass is 32.2. The molecule has 0 aliphatic carbocycles. The minimum Gasteiger partial charge on any atom is -0.384 e. The van der Waals surface area contributed by atoms with E-state index in [0.717, 1.165) is 6.07 Å². The van der Waals surface area contributed by atoms with Crippen molar-refractivity contribution in [1.29, 1.82) is 5.41 Å². The fraction of sp³-hybridized carbons (Fsp3) is 0.0435. The van der Waals surface area contributed by atoms with Gasteiger partial charge in [-0.25, -0.2) is 22.3 Å². The number of benzene rings is 3. The third-order valence-corrected chi connectivity index (χ3v) is 5.83. The maximum atomic E-state index is 14.7. The monoisotopic (exact) mass is 470 g/mol. The lowest BCUT2D eigenvalue weighted by molar-refractivity contribution is -0.114. The van der Waals surface area contributed by atoms with Crippen molar-refractivity contribution < 1.29 is 22.0 Å². The predicted octanol–water partition coefficient (Wildman–Crippen LogP) is 3.76. The van der Waals surface area contributed by atoms with Gasteiger partial charge < -0.3 is 11.1 Å². The zero-order valence-electron chi connectivity index (χ0n) is 17.4. The van der Waals surface area contributed by atoms with Gasteiger partial charge in [0.2, 0.25) is 10.0 Å². The van der Waals surface area contributed by atoms with Crippen molar-refractivity contribution in [3.8, 4) is 11.1 Å². The second-order valence-corrected chi connectivity index (χ2v) is 8.65. The average molecular weight is 471 g/mol. The Morgan fingerprint density at radius 3 is 2.27 bits per heavy atom. The second-order valence-electron chi connectivity index (χ2n) is 7.12. The van der Waals surface area contributed by atoms with E-state index in [0.29, 0.717) is 11.1 Å². The van der Waals surface area contributed by atoms with Crippen molar-refractivity contribution in [3.05, 3.63) is 89.5 Å². The Balaban J connectivity index is 1.84. The highest BCUT2D eigenvalue weighted by Gasteiger charge is 2.17. The number of primary sulfonamides is 1. The van der Waals surface area contributed by atoms with Crippen LogP contribution in [0.2, 0.25) is 0 Å². The molecule has 33 heavy (non-hydrogen) atoms. The lowest BCUT2D eigenvalue weighted by Gasteiger charge is -2.10. The van der Waals surface area contributed by atoms with Gasteiger partial charge in [-0.2, -0.15) is 0 Å². The number of halogens is 2. The number of amides is 1. The summed E-state index contributed by atoms with van der Waals surface area (Å²) < 4.78 is 52.1. The molecule has 0 atom stereocenters. The number of allylic oxidation sites excluding steroid dienone is 1. The molecule has 0 radical (unpaired) electrons. The molecule has 3 aromatic rings. The third-order valence-electron chi connectivity index (χ3n) is 4.87. The van der Waals surface area contributed by atoms with E-state index in [1.54, 1.807) is 30.3 Å². The van der Waals surface area contributed by atoms with Crippen LogP contribution >= 0.6 is 0 Å². The molecule has 10 heteroatoms. The summed E-state index contributed by atoms with van der Waals surface area (Å²) in [5.41, 5.74) is 6.45. The number of rotatable bonds is 6. The van der Waals surface area contributed by atoms with Crippen LogP contribution in [0.5, 0.6) is 0 Å². The Morgan fingerprint density at radius 1 is 1.03 bits per heavy atom. The first-order chi connectivity index (χ1) is 15.5. The SMILES string of the molecule is CC(=C(F)C(=O)Nc1ccc(-c2ccccc2S(N)(=O)=O)cc1)c1ccc(F)c(C(=N)N)c1. The Hall–Kier alpha value is -3.89. The molecule has 1 amide bonds. The molecule has 6 N–H and O–H groups in total. The molecule has 3 aromatic carbocycles. The molecule has 7 nitrogen and oxygen atoms in total. The molecule has 0 aliphatic heterocycles. The van der Waals surface area contributed by atoms with E-state index in [-0.39, 0.29) is 27.3 Å². The molecule has 170 valence electrons. The van der Waals surface area contributed by atoms with E-state index in [1.165, 1.54) is 37.3 Å². The highest BCUT2D eigenvalue weighted by molar-refractivity contribution is 7.89. The van der Waals surface area contributed by atoms with Gasteiger partial charge >= 0.3 is 0 Å². The van der Waals surface area contributed by atoms with E-state index < -0.39 is 33.4 Å². The van der Waals surface area contributed by atoms with Gasteiger partial charge in [0.25, 0.3) is 5.91 Å². The summed E-state index contributed by atoms with van der Waals surface area (Å²) in [4.78, 5) is 12.3. The van der Waals surface area contributed by atoms with Crippen LogP contribution in [-0.2, 0) is 14.8 Å². The number of carbonyl (C=O) groups excluding carboxylic acids is 1. The highest BCUT2D eigenvalue weighted by Crippen LogP contribution is 2.28. The largest absolute Gasteiger partial charge is 0.384 e. The maximum Gasteiger partial charge on any atom is 0.284 e. The molecular weight excluding hydrogens is 450 g/mol. The quantitative estimate of drug-likeness (QED) is 0.247. The fourth-order valence-electron chi connectivity index (χ4n) is 3.13.